The number of carbonyl (C=O) groups is 2. The summed E-state index contributed by atoms with van der Waals surface area (Å²) in [5.74, 6) is -2.53. The summed E-state index contributed by atoms with van der Waals surface area (Å²) in [6, 6.07) is 0. The second kappa shape index (κ2) is 23.6. The molecule has 1 fully saturated rings. The molecule has 13 nitrogen and oxygen atoms in total. The van der Waals surface area contributed by atoms with Gasteiger partial charge in [-0.2, -0.15) is 0 Å². The van der Waals surface area contributed by atoms with Crippen LogP contribution in [0, 0.1) is 0 Å². The minimum atomic E-state index is -5.48. The Kier molecular flexibility index (Phi) is 22.2. The van der Waals surface area contributed by atoms with E-state index < -0.39 is 80.7 Å². The Hall–Kier alpha value is -0.830. The summed E-state index contributed by atoms with van der Waals surface area (Å²) in [4.78, 5) is 46.6. The number of hydrogen-bond acceptors (Lipinski definition) is 11. The molecule has 0 aromatic rings. The van der Waals surface area contributed by atoms with E-state index in [0.29, 0.717) is 12.8 Å². The summed E-state index contributed by atoms with van der Waals surface area (Å²) in [6.07, 6.45) is 8.16. The molecule has 7 atom stereocenters. The van der Waals surface area contributed by atoms with Gasteiger partial charge in [0.25, 0.3) is 0 Å². The van der Waals surface area contributed by atoms with Crippen molar-refractivity contribution in [3.05, 3.63) is 0 Å². The number of nitrogens with two attached hydrogens (primary N) is 1. The second-order valence-corrected chi connectivity index (χ2v) is 14.9. The minimum Gasteiger partial charge on any atom is -0.394 e. The first-order chi connectivity index (χ1) is 22.7. The molecular formula is C34H66NO12P. The van der Waals surface area contributed by atoms with E-state index >= 15 is 0 Å². The van der Waals surface area contributed by atoms with E-state index in [1.54, 1.807) is 0 Å². The second-order valence-electron chi connectivity index (χ2n) is 13.7. The average Bonchev–Trinajstić information content (AvgIpc) is 3.02. The Labute approximate surface area is 287 Å². The van der Waals surface area contributed by atoms with Gasteiger partial charge in [-0.3, -0.25) is 14.1 Å². The van der Waals surface area contributed by atoms with E-state index in [0.717, 1.165) is 51.4 Å². The molecule has 0 saturated carbocycles. The molecule has 1 heterocycles. The van der Waals surface area contributed by atoms with Crippen molar-refractivity contribution in [1.82, 2.24) is 0 Å². The zero-order valence-electron chi connectivity index (χ0n) is 29.3. The van der Waals surface area contributed by atoms with Crippen LogP contribution in [0.25, 0.3) is 0 Å². The van der Waals surface area contributed by atoms with Crippen LogP contribution >= 0.6 is 7.82 Å². The van der Waals surface area contributed by atoms with Gasteiger partial charge in [0.15, 0.2) is 29.0 Å². The molecule has 0 aromatic carbocycles. The Balaban J connectivity index is 2.98. The summed E-state index contributed by atoms with van der Waals surface area (Å²) in [7, 11) is -5.48. The number of Topliss-reactive ketones (excluding diaryl/α,β-unsaturated/α-hetero) is 2. The maximum Gasteiger partial charge on any atom is 0.472 e. The molecule has 48 heavy (non-hydrogen) atoms. The smallest absolute Gasteiger partial charge is 0.394 e. The van der Waals surface area contributed by atoms with E-state index in [1.807, 2.05) is 0 Å². The fourth-order valence-corrected chi connectivity index (χ4v) is 6.95. The van der Waals surface area contributed by atoms with Crippen LogP contribution in [0.2, 0.25) is 0 Å². The standard InChI is InChI=1S/C34H66NO12P/c1-3-5-7-9-11-13-15-17-19-21-26(37)23-29(39)33(35)32(47-48(43,44)45)46-28(25-36)31(41)34(33,42)30(40)24-27(38)22-20-18-16-14-12-10-8-6-4-2/h26-28,31-32,36-38,41-42H,3-25,35H2,1-2H3,(H2,43,44,45)/t26?,27?,28-,31-,32+,33+,34+/m1/s1. The Bertz CT molecular complexity index is 951. The summed E-state index contributed by atoms with van der Waals surface area (Å²) in [5.41, 5.74) is -0.0573. The number of phosphoric acid groups is 1. The molecule has 1 rings (SSSR count). The maximum atomic E-state index is 13.7. The van der Waals surface area contributed by atoms with Crippen molar-refractivity contribution < 1.29 is 58.7 Å². The summed E-state index contributed by atoms with van der Waals surface area (Å²) < 4.78 is 21.8. The lowest BCUT2D eigenvalue weighted by atomic mass is 9.65. The van der Waals surface area contributed by atoms with Crippen LogP contribution in [-0.2, 0) is 23.4 Å². The number of rotatable bonds is 29. The van der Waals surface area contributed by atoms with Crippen molar-refractivity contribution in [2.75, 3.05) is 6.61 Å². The number of carbonyl (C=O) groups excluding carboxylic acids is 2. The molecule has 2 unspecified atom stereocenters. The van der Waals surface area contributed by atoms with Gasteiger partial charge >= 0.3 is 7.82 Å². The number of ether oxygens (including phenoxy) is 1. The molecule has 0 spiro atoms. The fourth-order valence-electron chi connectivity index (χ4n) is 6.49. The van der Waals surface area contributed by atoms with Crippen LogP contribution in [0.1, 0.15) is 155 Å². The zero-order chi connectivity index (χ0) is 36.2. The first kappa shape index (κ1) is 45.2. The van der Waals surface area contributed by atoms with Crippen molar-refractivity contribution in [3.8, 4) is 0 Å². The normalized spacial score (nSPS) is 26.0. The number of unbranched alkanes of at least 4 members (excludes halogenated alkanes) is 16. The molecule has 0 aromatic heterocycles. The van der Waals surface area contributed by atoms with Gasteiger partial charge in [-0.1, -0.05) is 129 Å². The molecular weight excluding hydrogens is 645 g/mol. The van der Waals surface area contributed by atoms with Gasteiger partial charge < -0.3 is 45.8 Å². The first-order valence-corrected chi connectivity index (χ1v) is 19.8. The van der Waals surface area contributed by atoms with Crippen LogP contribution in [-0.4, -0.2) is 95.3 Å². The average molecular weight is 712 g/mol. The van der Waals surface area contributed by atoms with E-state index in [9.17, 15) is 49.5 Å². The number of aliphatic hydroxyl groups is 5. The van der Waals surface area contributed by atoms with Gasteiger partial charge in [0.1, 0.15) is 12.2 Å². The van der Waals surface area contributed by atoms with Crippen molar-refractivity contribution >= 4 is 19.4 Å². The van der Waals surface area contributed by atoms with Crippen LogP contribution < -0.4 is 5.73 Å². The molecule has 284 valence electrons. The number of hydrogen-bond donors (Lipinski definition) is 8. The van der Waals surface area contributed by atoms with Crippen LogP contribution in [0.5, 0.6) is 0 Å². The van der Waals surface area contributed by atoms with Gasteiger partial charge in [0.2, 0.25) is 0 Å². The van der Waals surface area contributed by atoms with Crippen LogP contribution in [0.15, 0.2) is 0 Å². The molecule has 9 N–H and O–H groups in total. The molecule has 0 radical (unpaired) electrons. The predicted octanol–water partition coefficient (Wildman–Crippen LogP) is 4.08. The first-order valence-electron chi connectivity index (χ1n) is 18.3. The summed E-state index contributed by atoms with van der Waals surface area (Å²) in [6.45, 7) is 3.28. The third-order valence-electron chi connectivity index (χ3n) is 9.50. The number of ketones is 2. The fraction of sp³-hybridized carbons (Fsp3) is 0.941. The highest BCUT2D eigenvalue weighted by atomic mass is 31.2. The van der Waals surface area contributed by atoms with Crippen molar-refractivity contribution in [3.63, 3.8) is 0 Å². The lowest BCUT2D eigenvalue weighted by Gasteiger charge is -2.54. The van der Waals surface area contributed by atoms with E-state index in [4.69, 9.17) is 10.5 Å². The molecule has 1 aliphatic rings. The molecule has 0 amide bonds. The maximum absolute atomic E-state index is 13.7. The Morgan fingerprint density at radius 2 is 1.12 bits per heavy atom. The van der Waals surface area contributed by atoms with Gasteiger partial charge in [-0.25, -0.2) is 4.57 Å². The number of phosphoric ester groups is 1. The van der Waals surface area contributed by atoms with E-state index in [2.05, 4.69) is 18.4 Å². The van der Waals surface area contributed by atoms with Gasteiger partial charge in [0, 0.05) is 12.8 Å². The molecule has 0 bridgehead atoms. The molecule has 14 heteroatoms. The molecule has 1 aliphatic heterocycles. The Morgan fingerprint density at radius 3 is 1.50 bits per heavy atom. The zero-order valence-corrected chi connectivity index (χ0v) is 30.2. The minimum absolute atomic E-state index is 0.175. The van der Waals surface area contributed by atoms with Crippen LogP contribution in [0.3, 0.4) is 0 Å². The van der Waals surface area contributed by atoms with E-state index in [-0.39, 0.29) is 12.8 Å². The quantitative estimate of drug-likeness (QED) is 0.0404. The van der Waals surface area contributed by atoms with Gasteiger partial charge in [-0.15, -0.1) is 0 Å². The molecule has 1 saturated heterocycles. The monoisotopic (exact) mass is 711 g/mol. The molecule has 0 aliphatic carbocycles. The summed E-state index contributed by atoms with van der Waals surface area (Å²) in [5, 5.41) is 54.1. The van der Waals surface area contributed by atoms with Crippen LogP contribution in [0.4, 0.5) is 0 Å². The number of aliphatic hydroxyl groups excluding tert-OH is 4. The third-order valence-corrected chi connectivity index (χ3v) is 9.97. The van der Waals surface area contributed by atoms with Crippen molar-refractivity contribution in [2.45, 2.75) is 197 Å². The van der Waals surface area contributed by atoms with Gasteiger partial charge in [0.05, 0.1) is 18.8 Å². The topological polar surface area (TPSA) is 237 Å². The highest BCUT2D eigenvalue weighted by molar-refractivity contribution is 7.46. The largest absolute Gasteiger partial charge is 0.472 e. The van der Waals surface area contributed by atoms with E-state index in [1.165, 1.54) is 51.4 Å². The summed E-state index contributed by atoms with van der Waals surface area (Å²) >= 11 is 0. The third kappa shape index (κ3) is 14.8. The lowest BCUT2D eigenvalue weighted by molar-refractivity contribution is -0.291. The van der Waals surface area contributed by atoms with Crippen molar-refractivity contribution in [1.29, 1.82) is 0 Å². The predicted molar refractivity (Wildman–Crippen MR) is 182 cm³/mol. The Morgan fingerprint density at radius 1 is 0.750 bits per heavy atom. The SMILES string of the molecule is CCCCCCCCCCCC(O)CC(=O)[C@]1(N)[C@H](OP(=O)(O)O)O[C@H](CO)[C@@H](O)[C@@]1(O)C(=O)CC(O)CCCCCCCCCCC. The van der Waals surface area contributed by atoms with Crippen molar-refractivity contribution in [2.24, 2.45) is 5.73 Å². The highest BCUT2D eigenvalue weighted by Crippen LogP contribution is 2.47. The lowest BCUT2D eigenvalue weighted by Crippen LogP contribution is -2.84. The van der Waals surface area contributed by atoms with Gasteiger partial charge in [-0.05, 0) is 12.8 Å². The highest BCUT2D eigenvalue weighted by Gasteiger charge is 2.71.